The number of hydrogen-bond donors (Lipinski definition) is 1. The van der Waals surface area contributed by atoms with Gasteiger partial charge < -0.3 is 5.32 Å². The van der Waals surface area contributed by atoms with Crippen molar-refractivity contribution in [2.75, 3.05) is 5.32 Å². The van der Waals surface area contributed by atoms with Crippen LogP contribution in [-0.2, 0) is 0 Å². The van der Waals surface area contributed by atoms with Crippen LogP contribution in [0.4, 0.5) is 5.69 Å². The standard InChI is InChI=1S/C21H15BrN2OS/c1-13-12-14(21-24-18-8-4-5-9-19(18)26-21)10-11-17(13)23-20(25)15-6-2-3-7-16(15)22/h2-12H,1H3,(H,23,25). The fraction of sp³-hybridized carbons (Fsp3) is 0.0476. The van der Waals surface area contributed by atoms with Crippen LogP contribution < -0.4 is 5.32 Å². The number of hydrogen-bond acceptors (Lipinski definition) is 3. The molecule has 0 unspecified atom stereocenters. The maximum Gasteiger partial charge on any atom is 0.256 e. The van der Waals surface area contributed by atoms with Crippen molar-refractivity contribution in [3.05, 3.63) is 82.3 Å². The molecule has 0 saturated heterocycles. The third-order valence-corrected chi connectivity index (χ3v) is 5.91. The van der Waals surface area contributed by atoms with E-state index in [9.17, 15) is 4.79 Å². The number of nitrogens with one attached hydrogen (secondary N) is 1. The Morgan fingerprint density at radius 1 is 1.04 bits per heavy atom. The van der Waals surface area contributed by atoms with Gasteiger partial charge >= 0.3 is 0 Å². The van der Waals surface area contributed by atoms with Gasteiger partial charge in [0.25, 0.3) is 5.91 Å². The summed E-state index contributed by atoms with van der Waals surface area (Å²) in [6.07, 6.45) is 0. The molecule has 5 heteroatoms. The molecule has 0 spiro atoms. The summed E-state index contributed by atoms with van der Waals surface area (Å²) in [5, 5.41) is 3.97. The zero-order chi connectivity index (χ0) is 18.1. The van der Waals surface area contributed by atoms with Crippen LogP contribution in [0.5, 0.6) is 0 Å². The van der Waals surface area contributed by atoms with Gasteiger partial charge in [0.15, 0.2) is 0 Å². The van der Waals surface area contributed by atoms with E-state index < -0.39 is 0 Å². The molecule has 0 saturated carbocycles. The Balaban J connectivity index is 1.62. The molecule has 1 N–H and O–H groups in total. The van der Waals surface area contributed by atoms with E-state index in [1.54, 1.807) is 17.4 Å². The van der Waals surface area contributed by atoms with E-state index in [4.69, 9.17) is 4.98 Å². The summed E-state index contributed by atoms with van der Waals surface area (Å²) < 4.78 is 1.95. The smallest absolute Gasteiger partial charge is 0.256 e. The summed E-state index contributed by atoms with van der Waals surface area (Å²) in [5.41, 5.74) is 4.49. The van der Waals surface area contributed by atoms with Gasteiger partial charge in [-0.3, -0.25) is 4.79 Å². The van der Waals surface area contributed by atoms with Crippen LogP contribution in [0.3, 0.4) is 0 Å². The third-order valence-electron chi connectivity index (χ3n) is 4.13. The van der Waals surface area contributed by atoms with Gasteiger partial charge in [-0.05, 0) is 70.9 Å². The predicted octanol–water partition coefficient (Wildman–Crippen LogP) is 6.29. The lowest BCUT2D eigenvalue weighted by Gasteiger charge is -2.10. The average Bonchev–Trinajstić information content (AvgIpc) is 3.08. The third kappa shape index (κ3) is 3.28. The van der Waals surface area contributed by atoms with Crippen molar-refractivity contribution < 1.29 is 4.79 Å². The summed E-state index contributed by atoms with van der Waals surface area (Å²) in [6, 6.07) is 21.5. The zero-order valence-electron chi connectivity index (χ0n) is 14.0. The minimum absolute atomic E-state index is 0.131. The molecule has 0 aliphatic heterocycles. The first-order valence-corrected chi connectivity index (χ1v) is 9.75. The Kier molecular flexibility index (Phi) is 4.57. The van der Waals surface area contributed by atoms with Crippen LogP contribution in [-0.4, -0.2) is 10.9 Å². The van der Waals surface area contributed by atoms with E-state index in [2.05, 4.69) is 33.4 Å². The van der Waals surface area contributed by atoms with E-state index in [0.717, 1.165) is 31.8 Å². The van der Waals surface area contributed by atoms with Crippen molar-refractivity contribution in [3.8, 4) is 10.6 Å². The molecule has 3 nitrogen and oxygen atoms in total. The summed E-state index contributed by atoms with van der Waals surface area (Å²) >= 11 is 5.09. The minimum atomic E-state index is -0.131. The summed E-state index contributed by atoms with van der Waals surface area (Å²) in [6.45, 7) is 1.99. The van der Waals surface area contributed by atoms with Crippen molar-refractivity contribution in [2.45, 2.75) is 6.92 Å². The molecule has 4 aromatic rings. The molecule has 0 aliphatic carbocycles. The lowest BCUT2D eigenvalue weighted by molar-refractivity contribution is 0.102. The van der Waals surface area contributed by atoms with Crippen molar-refractivity contribution in [1.29, 1.82) is 0 Å². The number of fused-ring (bicyclic) bond motifs is 1. The Hall–Kier alpha value is -2.50. The van der Waals surface area contributed by atoms with Crippen LogP contribution in [0.15, 0.2) is 71.2 Å². The number of rotatable bonds is 3. The predicted molar refractivity (Wildman–Crippen MR) is 112 cm³/mol. The number of carbonyl (C=O) groups is 1. The molecule has 0 fully saturated rings. The maximum atomic E-state index is 12.5. The van der Waals surface area contributed by atoms with Crippen LogP contribution >= 0.6 is 27.3 Å². The summed E-state index contributed by atoms with van der Waals surface area (Å²) in [4.78, 5) is 17.2. The number of benzene rings is 3. The number of aromatic nitrogens is 1. The van der Waals surface area contributed by atoms with E-state index in [0.29, 0.717) is 5.56 Å². The molecule has 128 valence electrons. The van der Waals surface area contributed by atoms with E-state index in [1.807, 2.05) is 55.5 Å². The Bertz CT molecular complexity index is 1090. The summed E-state index contributed by atoms with van der Waals surface area (Å²) in [5.74, 6) is -0.131. The Labute approximate surface area is 163 Å². The lowest BCUT2D eigenvalue weighted by Crippen LogP contribution is -2.13. The van der Waals surface area contributed by atoms with Crippen LogP contribution in [0.2, 0.25) is 0 Å². The largest absolute Gasteiger partial charge is 0.322 e. The second-order valence-electron chi connectivity index (χ2n) is 5.95. The first-order valence-electron chi connectivity index (χ1n) is 8.14. The number of amides is 1. The first kappa shape index (κ1) is 16.9. The molecule has 0 bridgehead atoms. The SMILES string of the molecule is Cc1cc(-c2nc3ccccc3s2)ccc1NC(=O)c1ccccc1Br. The number of aryl methyl sites for hydroxylation is 1. The van der Waals surface area contributed by atoms with Gasteiger partial charge in [0.1, 0.15) is 5.01 Å². The average molecular weight is 423 g/mol. The highest BCUT2D eigenvalue weighted by Gasteiger charge is 2.12. The van der Waals surface area contributed by atoms with Crippen LogP contribution in [0, 0.1) is 6.92 Å². The second-order valence-corrected chi connectivity index (χ2v) is 7.84. The van der Waals surface area contributed by atoms with Crippen molar-refractivity contribution >= 4 is 49.1 Å². The molecule has 1 heterocycles. The fourth-order valence-corrected chi connectivity index (χ4v) is 4.19. The second kappa shape index (κ2) is 7.02. The highest BCUT2D eigenvalue weighted by Crippen LogP contribution is 2.32. The van der Waals surface area contributed by atoms with Gasteiger partial charge in [0.05, 0.1) is 15.8 Å². The van der Waals surface area contributed by atoms with Crippen LogP contribution in [0.1, 0.15) is 15.9 Å². The fourth-order valence-electron chi connectivity index (χ4n) is 2.77. The van der Waals surface area contributed by atoms with Crippen molar-refractivity contribution in [3.63, 3.8) is 0 Å². The molecule has 0 aliphatic rings. The Morgan fingerprint density at radius 3 is 2.58 bits per heavy atom. The van der Waals surface area contributed by atoms with E-state index >= 15 is 0 Å². The lowest BCUT2D eigenvalue weighted by atomic mass is 10.1. The molecule has 0 radical (unpaired) electrons. The van der Waals surface area contributed by atoms with Gasteiger partial charge in [-0.2, -0.15) is 0 Å². The Morgan fingerprint density at radius 2 is 1.81 bits per heavy atom. The number of nitrogens with zero attached hydrogens (tertiary/aromatic N) is 1. The van der Waals surface area contributed by atoms with Gasteiger partial charge in [-0.1, -0.05) is 24.3 Å². The van der Waals surface area contributed by atoms with Crippen molar-refractivity contribution in [1.82, 2.24) is 4.98 Å². The molecule has 1 aromatic heterocycles. The van der Waals surface area contributed by atoms with E-state index in [-0.39, 0.29) is 5.91 Å². The molecule has 1 amide bonds. The molecule has 4 rings (SSSR count). The van der Waals surface area contributed by atoms with Crippen molar-refractivity contribution in [2.24, 2.45) is 0 Å². The first-order chi connectivity index (χ1) is 12.6. The maximum absolute atomic E-state index is 12.5. The van der Waals surface area contributed by atoms with Gasteiger partial charge in [-0.15, -0.1) is 11.3 Å². The molecular weight excluding hydrogens is 408 g/mol. The van der Waals surface area contributed by atoms with Crippen LogP contribution in [0.25, 0.3) is 20.8 Å². The molecule has 3 aromatic carbocycles. The highest BCUT2D eigenvalue weighted by molar-refractivity contribution is 9.10. The monoisotopic (exact) mass is 422 g/mol. The summed E-state index contributed by atoms with van der Waals surface area (Å²) in [7, 11) is 0. The quantitative estimate of drug-likeness (QED) is 0.421. The molecular formula is C21H15BrN2OS. The topological polar surface area (TPSA) is 42.0 Å². The highest BCUT2D eigenvalue weighted by atomic mass is 79.9. The minimum Gasteiger partial charge on any atom is -0.322 e. The zero-order valence-corrected chi connectivity index (χ0v) is 16.4. The normalized spacial score (nSPS) is 10.8. The van der Waals surface area contributed by atoms with Gasteiger partial charge in [-0.25, -0.2) is 4.98 Å². The van der Waals surface area contributed by atoms with E-state index in [1.165, 1.54) is 4.70 Å². The van der Waals surface area contributed by atoms with Gasteiger partial charge in [0, 0.05) is 15.7 Å². The van der Waals surface area contributed by atoms with Gasteiger partial charge in [0.2, 0.25) is 0 Å². The number of para-hydroxylation sites is 1. The molecule has 0 atom stereocenters. The number of thiazole rings is 1. The molecule has 26 heavy (non-hydrogen) atoms. The number of carbonyl (C=O) groups excluding carboxylic acids is 1. The number of halogens is 1. The number of anilines is 1.